The van der Waals surface area contributed by atoms with E-state index >= 15 is 0 Å². The molecule has 33 heavy (non-hydrogen) atoms. The summed E-state index contributed by atoms with van der Waals surface area (Å²) < 4.78 is 94.0. The molecule has 178 valence electrons. The lowest BCUT2D eigenvalue weighted by molar-refractivity contribution is -0.137. The SMILES string of the molecule is C[C@@H]1CN(c2ncc(C(F)(F)F)cc2C(=O)Nc2ccc3c(c2)S(=O)(=O)NC3)CCC1(F)F. The molecule has 2 aliphatic heterocycles. The summed E-state index contributed by atoms with van der Waals surface area (Å²) in [5.41, 5.74) is -1.10. The van der Waals surface area contributed by atoms with Crippen LogP contribution in [0.25, 0.3) is 0 Å². The molecule has 1 aromatic carbocycles. The number of sulfonamides is 1. The van der Waals surface area contributed by atoms with Gasteiger partial charge in [-0.3, -0.25) is 4.79 Å². The van der Waals surface area contributed by atoms with Gasteiger partial charge in [0.15, 0.2) is 0 Å². The molecule has 2 aromatic rings. The summed E-state index contributed by atoms with van der Waals surface area (Å²) in [6, 6.07) is 4.71. The van der Waals surface area contributed by atoms with Crippen LogP contribution in [-0.4, -0.2) is 38.3 Å². The van der Waals surface area contributed by atoms with Crippen molar-refractivity contribution in [2.24, 2.45) is 5.92 Å². The van der Waals surface area contributed by atoms with Gasteiger partial charge < -0.3 is 10.2 Å². The first kappa shape index (κ1) is 23.4. The van der Waals surface area contributed by atoms with Crippen molar-refractivity contribution in [3.63, 3.8) is 0 Å². The number of piperidine rings is 1. The number of benzene rings is 1. The molecule has 0 saturated carbocycles. The number of pyridine rings is 1. The van der Waals surface area contributed by atoms with E-state index in [1.165, 1.54) is 30.0 Å². The average molecular weight is 490 g/mol. The second-order valence-electron chi connectivity index (χ2n) is 8.05. The van der Waals surface area contributed by atoms with Crippen LogP contribution in [0.2, 0.25) is 0 Å². The minimum absolute atomic E-state index is 0.0465. The minimum Gasteiger partial charge on any atom is -0.355 e. The number of rotatable bonds is 3. The Hall–Kier alpha value is -2.80. The van der Waals surface area contributed by atoms with Gasteiger partial charge in [0, 0.05) is 43.9 Å². The van der Waals surface area contributed by atoms with E-state index in [9.17, 15) is 35.2 Å². The highest BCUT2D eigenvalue weighted by Crippen LogP contribution is 2.37. The quantitative estimate of drug-likeness (QED) is 0.642. The van der Waals surface area contributed by atoms with Crippen LogP contribution >= 0.6 is 0 Å². The fraction of sp³-hybridized carbons (Fsp3) is 0.400. The molecule has 2 N–H and O–H groups in total. The number of hydrogen-bond donors (Lipinski definition) is 2. The largest absolute Gasteiger partial charge is 0.417 e. The summed E-state index contributed by atoms with van der Waals surface area (Å²) in [6.07, 6.45) is -4.76. The molecule has 0 unspecified atom stereocenters. The van der Waals surface area contributed by atoms with Crippen LogP contribution < -0.4 is 14.9 Å². The zero-order valence-electron chi connectivity index (χ0n) is 17.2. The number of nitrogens with one attached hydrogen (secondary N) is 2. The maximum atomic E-state index is 13.9. The topological polar surface area (TPSA) is 91.4 Å². The molecular weight excluding hydrogens is 471 g/mol. The standard InChI is InChI=1S/C20H19F5N4O3S/c1-11-10-29(5-4-19(11,21)22)17-15(6-13(9-26-17)20(23,24)25)18(30)28-14-3-2-12-8-27-33(31,32)16(12)7-14/h2-3,6-7,9,11,27H,4-5,8,10H2,1H3,(H,28,30)/t11-/m1/s1. The van der Waals surface area contributed by atoms with Crippen molar-refractivity contribution in [2.75, 3.05) is 23.3 Å². The fourth-order valence-corrected chi connectivity index (χ4v) is 5.06. The van der Waals surface area contributed by atoms with Crippen LogP contribution in [0.5, 0.6) is 0 Å². The zero-order valence-corrected chi connectivity index (χ0v) is 18.0. The summed E-state index contributed by atoms with van der Waals surface area (Å²) in [5.74, 6) is -5.16. The predicted octanol–water partition coefficient (Wildman–Crippen LogP) is 3.63. The van der Waals surface area contributed by atoms with Gasteiger partial charge in [-0.2, -0.15) is 13.2 Å². The molecule has 2 aliphatic rings. The third kappa shape index (κ3) is 4.51. The number of amides is 1. The van der Waals surface area contributed by atoms with Gasteiger partial charge in [0.2, 0.25) is 10.0 Å². The summed E-state index contributed by atoms with van der Waals surface area (Å²) in [7, 11) is -3.74. The van der Waals surface area contributed by atoms with Crippen molar-refractivity contribution in [3.05, 3.63) is 47.2 Å². The molecule has 1 atom stereocenters. The van der Waals surface area contributed by atoms with Crippen molar-refractivity contribution in [2.45, 2.75) is 36.9 Å². The van der Waals surface area contributed by atoms with Crippen LogP contribution in [0.1, 0.15) is 34.8 Å². The second kappa shape index (κ2) is 7.90. The fourth-order valence-electron chi connectivity index (χ4n) is 3.79. The molecule has 1 saturated heterocycles. The highest BCUT2D eigenvalue weighted by atomic mass is 32.2. The molecule has 0 bridgehead atoms. The first-order valence-electron chi connectivity index (χ1n) is 9.92. The second-order valence-corrected chi connectivity index (χ2v) is 9.79. The molecule has 1 fully saturated rings. The van der Waals surface area contributed by atoms with Gasteiger partial charge in [0.05, 0.1) is 16.0 Å². The molecule has 0 radical (unpaired) electrons. The van der Waals surface area contributed by atoms with Crippen LogP contribution in [0.15, 0.2) is 35.4 Å². The molecule has 0 spiro atoms. The van der Waals surface area contributed by atoms with E-state index in [0.29, 0.717) is 17.8 Å². The number of hydrogen-bond acceptors (Lipinski definition) is 5. The molecule has 3 heterocycles. The number of fused-ring (bicyclic) bond motifs is 1. The lowest BCUT2D eigenvalue weighted by Gasteiger charge is -2.38. The van der Waals surface area contributed by atoms with Crippen LogP contribution in [0.3, 0.4) is 0 Å². The van der Waals surface area contributed by atoms with Gasteiger partial charge in [-0.15, -0.1) is 0 Å². The minimum atomic E-state index is -4.78. The van der Waals surface area contributed by atoms with Gasteiger partial charge in [-0.25, -0.2) is 26.9 Å². The lowest BCUT2D eigenvalue weighted by Crippen LogP contribution is -2.46. The molecule has 13 heteroatoms. The summed E-state index contributed by atoms with van der Waals surface area (Å²) in [4.78, 5) is 18.1. The number of anilines is 2. The monoisotopic (exact) mass is 490 g/mol. The first-order chi connectivity index (χ1) is 15.3. The van der Waals surface area contributed by atoms with Gasteiger partial charge in [0.25, 0.3) is 11.8 Å². The maximum Gasteiger partial charge on any atom is 0.417 e. The Morgan fingerprint density at radius 3 is 2.67 bits per heavy atom. The highest BCUT2D eigenvalue weighted by Gasteiger charge is 2.42. The van der Waals surface area contributed by atoms with Gasteiger partial charge >= 0.3 is 6.18 Å². The number of carbonyl (C=O) groups is 1. The number of halogens is 5. The maximum absolute atomic E-state index is 13.9. The van der Waals surface area contributed by atoms with Gasteiger partial charge in [-0.1, -0.05) is 13.0 Å². The number of nitrogens with zero attached hydrogens (tertiary/aromatic N) is 2. The van der Waals surface area contributed by atoms with Crippen LogP contribution in [0, 0.1) is 5.92 Å². The van der Waals surface area contributed by atoms with Crippen LogP contribution in [-0.2, 0) is 22.7 Å². The van der Waals surface area contributed by atoms with Crippen molar-refractivity contribution in [3.8, 4) is 0 Å². The normalized spacial score (nSPS) is 21.5. The van der Waals surface area contributed by atoms with E-state index in [4.69, 9.17) is 0 Å². The molecule has 1 aromatic heterocycles. The van der Waals surface area contributed by atoms with E-state index < -0.39 is 51.5 Å². The third-order valence-corrected chi connectivity index (χ3v) is 7.22. The van der Waals surface area contributed by atoms with Crippen molar-refractivity contribution in [1.29, 1.82) is 0 Å². The summed E-state index contributed by atoms with van der Waals surface area (Å²) >= 11 is 0. The third-order valence-electron chi connectivity index (χ3n) is 5.74. The van der Waals surface area contributed by atoms with Crippen molar-refractivity contribution < 1.29 is 35.2 Å². The predicted molar refractivity (Wildman–Crippen MR) is 109 cm³/mol. The van der Waals surface area contributed by atoms with E-state index in [0.717, 1.165) is 0 Å². The number of carbonyl (C=O) groups excluding carboxylic acids is 1. The average Bonchev–Trinajstić information content (AvgIpc) is 3.03. The van der Waals surface area contributed by atoms with E-state index in [2.05, 4.69) is 15.0 Å². The Morgan fingerprint density at radius 2 is 2.00 bits per heavy atom. The Labute approximate surface area is 186 Å². The summed E-state index contributed by atoms with van der Waals surface area (Å²) in [6.45, 7) is 1.01. The number of alkyl halides is 5. The molecule has 4 rings (SSSR count). The number of aromatic nitrogens is 1. The lowest BCUT2D eigenvalue weighted by atomic mass is 9.95. The highest BCUT2D eigenvalue weighted by molar-refractivity contribution is 7.89. The van der Waals surface area contributed by atoms with Crippen molar-refractivity contribution >= 4 is 27.4 Å². The smallest absolute Gasteiger partial charge is 0.355 e. The Bertz CT molecular complexity index is 1220. The van der Waals surface area contributed by atoms with Gasteiger partial charge in [-0.05, 0) is 23.8 Å². The van der Waals surface area contributed by atoms with E-state index in [1.54, 1.807) is 0 Å². The first-order valence-corrected chi connectivity index (χ1v) is 11.4. The van der Waals surface area contributed by atoms with Gasteiger partial charge in [0.1, 0.15) is 5.82 Å². The Morgan fingerprint density at radius 1 is 1.27 bits per heavy atom. The molecule has 7 nitrogen and oxygen atoms in total. The zero-order chi connectivity index (χ0) is 24.2. The molecule has 0 aliphatic carbocycles. The molecular formula is C20H19F5N4O3S. The van der Waals surface area contributed by atoms with Crippen molar-refractivity contribution in [1.82, 2.24) is 9.71 Å². The molecule has 1 amide bonds. The Balaban J connectivity index is 1.69. The Kier molecular flexibility index (Phi) is 5.60. The van der Waals surface area contributed by atoms with Crippen LogP contribution in [0.4, 0.5) is 33.5 Å². The van der Waals surface area contributed by atoms with E-state index in [-0.39, 0.29) is 36.0 Å². The van der Waals surface area contributed by atoms with E-state index in [1.807, 2.05) is 0 Å². The summed E-state index contributed by atoms with van der Waals surface area (Å²) in [5, 5.41) is 2.40.